The molecule has 0 bridgehead atoms. The van der Waals surface area contributed by atoms with Crippen LogP contribution in [0, 0.1) is 5.41 Å². The van der Waals surface area contributed by atoms with Crippen molar-refractivity contribution in [2.24, 2.45) is 5.41 Å². The molecule has 2 unspecified atom stereocenters. The normalized spacial score (nSPS) is 22.2. The molecule has 116 valence electrons. The predicted molar refractivity (Wildman–Crippen MR) is 82.5 cm³/mol. The summed E-state index contributed by atoms with van der Waals surface area (Å²) in [5, 5.41) is 12.6. The van der Waals surface area contributed by atoms with E-state index in [-0.39, 0.29) is 29.7 Å². The van der Waals surface area contributed by atoms with Gasteiger partial charge in [-0.25, -0.2) is 5.43 Å². The second kappa shape index (κ2) is 6.45. The Morgan fingerprint density at radius 1 is 1.33 bits per heavy atom. The van der Waals surface area contributed by atoms with Gasteiger partial charge in [0.05, 0.1) is 12.6 Å². The number of hydrazine groups is 1. The van der Waals surface area contributed by atoms with Crippen LogP contribution in [-0.2, 0) is 11.2 Å². The van der Waals surface area contributed by atoms with E-state index >= 15 is 0 Å². The molecular weight excluding hydrogens is 266 g/mol. The van der Waals surface area contributed by atoms with Gasteiger partial charge in [0.15, 0.2) is 0 Å². The van der Waals surface area contributed by atoms with E-state index in [0.29, 0.717) is 11.6 Å². The van der Waals surface area contributed by atoms with Crippen molar-refractivity contribution < 1.29 is 9.90 Å². The molecule has 1 saturated heterocycles. The van der Waals surface area contributed by atoms with Gasteiger partial charge in [0.1, 0.15) is 5.75 Å². The molecule has 1 aliphatic heterocycles. The maximum atomic E-state index is 12.0. The Balaban J connectivity index is 1.81. The molecule has 0 aliphatic carbocycles. The van der Waals surface area contributed by atoms with Gasteiger partial charge < -0.3 is 10.4 Å². The van der Waals surface area contributed by atoms with E-state index in [1.54, 1.807) is 18.2 Å². The summed E-state index contributed by atoms with van der Waals surface area (Å²) in [6.45, 7) is 6.62. The number of aromatic hydroxyl groups is 1. The third-order valence-corrected chi connectivity index (χ3v) is 3.52. The predicted octanol–water partition coefficient (Wildman–Crippen LogP) is 1.68. The lowest BCUT2D eigenvalue weighted by Crippen LogP contribution is -2.45. The molecule has 1 amide bonds. The lowest BCUT2D eigenvalue weighted by Gasteiger charge is -2.22. The largest absolute Gasteiger partial charge is 0.508 e. The van der Waals surface area contributed by atoms with Crippen LogP contribution >= 0.6 is 0 Å². The molecule has 5 nitrogen and oxygen atoms in total. The van der Waals surface area contributed by atoms with E-state index in [1.807, 2.05) is 6.07 Å². The van der Waals surface area contributed by atoms with Crippen molar-refractivity contribution >= 4 is 5.91 Å². The number of carbonyl (C=O) groups is 1. The van der Waals surface area contributed by atoms with E-state index in [1.165, 1.54) is 0 Å². The molecule has 1 heterocycles. The summed E-state index contributed by atoms with van der Waals surface area (Å²) in [6.07, 6.45) is 2.04. The number of rotatable bonds is 4. The molecule has 0 aromatic heterocycles. The Kier molecular flexibility index (Phi) is 4.85. The number of carbonyl (C=O) groups excluding carboxylic acids is 1. The molecule has 0 radical (unpaired) electrons. The van der Waals surface area contributed by atoms with E-state index in [4.69, 9.17) is 0 Å². The van der Waals surface area contributed by atoms with Crippen molar-refractivity contribution in [1.82, 2.24) is 16.2 Å². The summed E-state index contributed by atoms with van der Waals surface area (Å²) in [7, 11) is 0. The Bertz CT molecular complexity index is 497. The highest BCUT2D eigenvalue weighted by molar-refractivity contribution is 5.79. The summed E-state index contributed by atoms with van der Waals surface area (Å²) in [4.78, 5) is 12.0. The van der Waals surface area contributed by atoms with Crippen LogP contribution in [0.5, 0.6) is 5.75 Å². The molecule has 5 heteroatoms. The average Bonchev–Trinajstić information content (AvgIpc) is 2.77. The minimum Gasteiger partial charge on any atom is -0.508 e. The number of hydrogen-bond donors (Lipinski definition) is 4. The summed E-state index contributed by atoms with van der Waals surface area (Å²) >= 11 is 0. The zero-order chi connectivity index (χ0) is 15.5. The van der Waals surface area contributed by atoms with Gasteiger partial charge in [0.25, 0.3) is 0 Å². The number of amides is 1. The van der Waals surface area contributed by atoms with Crippen LogP contribution in [0.25, 0.3) is 0 Å². The van der Waals surface area contributed by atoms with Gasteiger partial charge >= 0.3 is 0 Å². The number of para-hydroxylation sites is 1. The van der Waals surface area contributed by atoms with Crippen molar-refractivity contribution in [3.63, 3.8) is 0 Å². The van der Waals surface area contributed by atoms with E-state index < -0.39 is 0 Å². The fourth-order valence-electron chi connectivity index (χ4n) is 2.67. The molecule has 2 atom stereocenters. The van der Waals surface area contributed by atoms with Crippen LogP contribution in [0.4, 0.5) is 0 Å². The highest BCUT2D eigenvalue weighted by Gasteiger charge is 2.28. The zero-order valence-electron chi connectivity index (χ0n) is 12.9. The number of benzene rings is 1. The molecule has 1 aromatic rings. The molecule has 2 rings (SSSR count). The third kappa shape index (κ3) is 5.02. The van der Waals surface area contributed by atoms with Crippen molar-refractivity contribution in [2.75, 3.05) is 0 Å². The van der Waals surface area contributed by atoms with Crippen molar-refractivity contribution in [2.45, 2.75) is 52.2 Å². The van der Waals surface area contributed by atoms with Crippen molar-refractivity contribution in [3.8, 4) is 5.75 Å². The quantitative estimate of drug-likeness (QED) is 0.681. The lowest BCUT2D eigenvalue weighted by atomic mass is 9.87. The van der Waals surface area contributed by atoms with E-state index in [9.17, 15) is 9.90 Å². The molecule has 1 fully saturated rings. The van der Waals surface area contributed by atoms with Crippen LogP contribution in [0.3, 0.4) is 0 Å². The van der Waals surface area contributed by atoms with Gasteiger partial charge in [0, 0.05) is 11.6 Å². The van der Waals surface area contributed by atoms with E-state index in [0.717, 1.165) is 12.8 Å². The van der Waals surface area contributed by atoms with Gasteiger partial charge in [-0.1, -0.05) is 39.0 Å². The van der Waals surface area contributed by atoms with Gasteiger partial charge in [-0.3, -0.25) is 10.2 Å². The van der Waals surface area contributed by atoms with Crippen LogP contribution in [0.1, 0.15) is 39.2 Å². The van der Waals surface area contributed by atoms with Crippen LogP contribution in [-0.4, -0.2) is 23.2 Å². The lowest BCUT2D eigenvalue weighted by molar-refractivity contribution is -0.121. The molecule has 4 N–H and O–H groups in total. The number of hydrogen-bond acceptors (Lipinski definition) is 4. The first-order valence-corrected chi connectivity index (χ1v) is 7.41. The van der Waals surface area contributed by atoms with Gasteiger partial charge in [-0.15, -0.1) is 0 Å². The fraction of sp³-hybridized carbons (Fsp3) is 0.562. The maximum Gasteiger partial charge on any atom is 0.225 e. The second-order valence-corrected chi connectivity index (χ2v) is 6.91. The summed E-state index contributed by atoms with van der Waals surface area (Å²) in [6, 6.07) is 7.28. The third-order valence-electron chi connectivity index (χ3n) is 3.52. The molecule has 1 aliphatic rings. The van der Waals surface area contributed by atoms with Gasteiger partial charge in [-0.2, -0.15) is 0 Å². The maximum absolute atomic E-state index is 12.0. The van der Waals surface area contributed by atoms with Gasteiger partial charge in [-0.05, 0) is 24.3 Å². The second-order valence-electron chi connectivity index (χ2n) is 6.91. The Hall–Kier alpha value is -1.59. The SMILES string of the molecule is CC(C)(C)CC1CC(NC(=O)Cc2ccccc2O)NN1. The molecule has 21 heavy (non-hydrogen) atoms. The first kappa shape index (κ1) is 15.8. The highest BCUT2D eigenvalue weighted by Crippen LogP contribution is 2.24. The summed E-state index contributed by atoms with van der Waals surface area (Å²) < 4.78 is 0. The first-order chi connectivity index (χ1) is 9.83. The summed E-state index contributed by atoms with van der Waals surface area (Å²) in [5.41, 5.74) is 7.25. The number of phenols is 1. The number of phenolic OH excluding ortho intramolecular Hbond substituents is 1. The topological polar surface area (TPSA) is 73.4 Å². The van der Waals surface area contributed by atoms with Gasteiger partial charge in [0.2, 0.25) is 5.91 Å². The van der Waals surface area contributed by atoms with E-state index in [2.05, 4.69) is 36.9 Å². The average molecular weight is 291 g/mol. The molecule has 0 saturated carbocycles. The molecule has 0 spiro atoms. The minimum absolute atomic E-state index is 0.0595. The van der Waals surface area contributed by atoms with Crippen LogP contribution in [0.2, 0.25) is 0 Å². The number of nitrogens with one attached hydrogen (secondary N) is 3. The highest BCUT2D eigenvalue weighted by atomic mass is 16.3. The fourth-order valence-corrected chi connectivity index (χ4v) is 2.67. The smallest absolute Gasteiger partial charge is 0.225 e. The van der Waals surface area contributed by atoms with Crippen LogP contribution in [0.15, 0.2) is 24.3 Å². The summed E-state index contributed by atoms with van der Waals surface area (Å²) in [5.74, 6) is 0.0722. The Morgan fingerprint density at radius 3 is 2.71 bits per heavy atom. The molecular formula is C16H25N3O2. The van der Waals surface area contributed by atoms with Crippen molar-refractivity contribution in [1.29, 1.82) is 0 Å². The standard InChI is InChI=1S/C16H25N3O2/c1-16(2,3)10-12-9-14(19-18-12)17-15(21)8-11-6-4-5-7-13(11)20/h4-7,12,14,18-20H,8-10H2,1-3H3,(H,17,21). The zero-order valence-corrected chi connectivity index (χ0v) is 12.9. The van der Waals surface area contributed by atoms with Crippen molar-refractivity contribution in [3.05, 3.63) is 29.8 Å². The minimum atomic E-state index is -0.0905. The first-order valence-electron chi connectivity index (χ1n) is 7.41. The van der Waals surface area contributed by atoms with Crippen LogP contribution < -0.4 is 16.2 Å². The molecule has 1 aromatic carbocycles. The Morgan fingerprint density at radius 2 is 2.05 bits per heavy atom. The monoisotopic (exact) mass is 291 g/mol. The Labute approximate surface area is 126 Å².